The number of fused-ring (bicyclic) bond motifs is 1. The van der Waals surface area contributed by atoms with E-state index in [1.165, 1.54) is 0 Å². The molecule has 0 aromatic carbocycles. The number of halogens is 1. The summed E-state index contributed by atoms with van der Waals surface area (Å²) in [6.45, 7) is 0.858. The van der Waals surface area contributed by atoms with Crippen LogP contribution in [-0.2, 0) is 6.42 Å². The van der Waals surface area contributed by atoms with Crippen LogP contribution >= 0.6 is 27.3 Å². The van der Waals surface area contributed by atoms with Crippen LogP contribution in [0.15, 0.2) is 28.1 Å². The van der Waals surface area contributed by atoms with E-state index in [2.05, 4.69) is 48.0 Å². The van der Waals surface area contributed by atoms with Gasteiger partial charge in [0.25, 0.3) is 0 Å². The van der Waals surface area contributed by atoms with E-state index in [0.717, 1.165) is 39.5 Å². The van der Waals surface area contributed by atoms with Crippen LogP contribution in [0.25, 0.3) is 16.2 Å². The lowest BCUT2D eigenvalue weighted by Crippen LogP contribution is -2.13. The zero-order chi connectivity index (χ0) is 13.2. The van der Waals surface area contributed by atoms with E-state index in [-0.39, 0.29) is 0 Å². The van der Waals surface area contributed by atoms with Gasteiger partial charge in [-0.1, -0.05) is 0 Å². The summed E-state index contributed by atoms with van der Waals surface area (Å²) < 4.78 is 2.90. The number of hydrogen-bond donors (Lipinski definition) is 1. The topological polar surface area (TPSA) is 55.1 Å². The molecule has 3 rings (SSSR count). The molecule has 3 aromatic rings. The van der Waals surface area contributed by atoms with Crippen LogP contribution in [0.1, 0.15) is 5.82 Å². The first-order valence-electron chi connectivity index (χ1n) is 5.88. The molecule has 19 heavy (non-hydrogen) atoms. The number of nitrogens with zero attached hydrogens (tertiary/aromatic N) is 4. The molecule has 0 amide bonds. The Kier molecular flexibility index (Phi) is 3.58. The average molecular weight is 338 g/mol. The molecular formula is C12H12BrN5S. The van der Waals surface area contributed by atoms with Gasteiger partial charge in [-0.2, -0.15) is 9.61 Å². The van der Waals surface area contributed by atoms with E-state index in [1.54, 1.807) is 11.3 Å². The molecular weight excluding hydrogens is 326 g/mol. The number of likely N-dealkylation sites (N-methyl/N-ethyl adjacent to an activating group) is 1. The van der Waals surface area contributed by atoms with Gasteiger partial charge < -0.3 is 5.32 Å². The molecule has 5 nitrogen and oxygen atoms in total. The Balaban J connectivity index is 2.03. The Bertz CT molecular complexity index is 705. The molecule has 98 valence electrons. The van der Waals surface area contributed by atoms with Crippen molar-refractivity contribution in [1.29, 1.82) is 0 Å². The maximum Gasteiger partial charge on any atom is 0.177 e. The van der Waals surface area contributed by atoms with Crippen LogP contribution in [0.5, 0.6) is 0 Å². The molecule has 0 aliphatic heterocycles. The van der Waals surface area contributed by atoms with E-state index in [9.17, 15) is 0 Å². The standard InChI is InChI=1S/C12H12BrN5S/c1-14-5-4-12-16-15-11-3-2-9(17-18(11)12)10-6-8(13)7-19-10/h2-3,6-7,14H,4-5H2,1H3. The van der Waals surface area contributed by atoms with Gasteiger partial charge in [-0.05, 0) is 41.2 Å². The molecule has 0 unspecified atom stereocenters. The molecule has 3 heterocycles. The molecule has 0 fully saturated rings. The Morgan fingerprint density at radius 2 is 2.26 bits per heavy atom. The Morgan fingerprint density at radius 1 is 1.37 bits per heavy atom. The van der Waals surface area contributed by atoms with Crippen molar-refractivity contribution < 1.29 is 0 Å². The Hall–Kier alpha value is -1.31. The summed E-state index contributed by atoms with van der Waals surface area (Å²) in [5.41, 5.74) is 1.72. The summed E-state index contributed by atoms with van der Waals surface area (Å²) in [7, 11) is 1.92. The van der Waals surface area contributed by atoms with Crippen molar-refractivity contribution >= 4 is 32.9 Å². The molecule has 0 bridgehead atoms. The molecule has 1 N–H and O–H groups in total. The van der Waals surface area contributed by atoms with Crippen molar-refractivity contribution in [2.75, 3.05) is 13.6 Å². The number of rotatable bonds is 4. The first-order chi connectivity index (χ1) is 9.28. The van der Waals surface area contributed by atoms with E-state index >= 15 is 0 Å². The van der Waals surface area contributed by atoms with Crippen molar-refractivity contribution in [3.8, 4) is 10.6 Å². The van der Waals surface area contributed by atoms with Gasteiger partial charge in [-0.15, -0.1) is 21.5 Å². The predicted molar refractivity (Wildman–Crippen MR) is 79.4 cm³/mol. The minimum atomic E-state index is 0.783. The largest absolute Gasteiger partial charge is 0.319 e. The molecule has 0 atom stereocenters. The van der Waals surface area contributed by atoms with Gasteiger partial charge in [0, 0.05) is 22.8 Å². The summed E-state index contributed by atoms with van der Waals surface area (Å²) in [4.78, 5) is 1.13. The number of aromatic nitrogens is 4. The summed E-state index contributed by atoms with van der Waals surface area (Å²) in [6.07, 6.45) is 0.808. The van der Waals surface area contributed by atoms with E-state index < -0.39 is 0 Å². The molecule has 0 aliphatic rings. The summed E-state index contributed by atoms with van der Waals surface area (Å²) in [5, 5.41) is 18.1. The summed E-state index contributed by atoms with van der Waals surface area (Å²) in [5.74, 6) is 0.877. The first kappa shape index (κ1) is 12.7. The number of nitrogens with one attached hydrogen (secondary N) is 1. The maximum absolute atomic E-state index is 4.63. The van der Waals surface area contributed by atoms with Gasteiger partial charge in [0.2, 0.25) is 0 Å². The van der Waals surface area contributed by atoms with Gasteiger partial charge in [-0.25, -0.2) is 0 Å². The molecule has 0 aliphatic carbocycles. The second-order valence-corrected chi connectivity index (χ2v) is 5.91. The highest BCUT2D eigenvalue weighted by Crippen LogP contribution is 2.28. The fourth-order valence-corrected chi connectivity index (χ4v) is 3.20. The fraction of sp³-hybridized carbons (Fsp3) is 0.250. The van der Waals surface area contributed by atoms with Gasteiger partial charge in [0.1, 0.15) is 5.69 Å². The summed E-state index contributed by atoms with van der Waals surface area (Å²) >= 11 is 5.12. The SMILES string of the molecule is CNCCc1nnc2ccc(-c3cc(Br)cs3)nn12. The van der Waals surface area contributed by atoms with Crippen molar-refractivity contribution in [1.82, 2.24) is 25.1 Å². The lowest BCUT2D eigenvalue weighted by molar-refractivity contribution is 0.726. The minimum Gasteiger partial charge on any atom is -0.319 e. The van der Waals surface area contributed by atoms with Crippen LogP contribution in [0.2, 0.25) is 0 Å². The van der Waals surface area contributed by atoms with E-state index in [0.29, 0.717) is 0 Å². The van der Waals surface area contributed by atoms with Gasteiger partial charge in [0.15, 0.2) is 11.5 Å². The fourth-order valence-electron chi connectivity index (χ4n) is 1.80. The molecule has 0 radical (unpaired) electrons. The second kappa shape index (κ2) is 5.36. The van der Waals surface area contributed by atoms with E-state index in [1.807, 2.05) is 23.7 Å². The predicted octanol–water partition coefficient (Wildman–Crippen LogP) is 2.38. The van der Waals surface area contributed by atoms with Crippen molar-refractivity contribution in [3.05, 3.63) is 33.9 Å². The number of hydrogen-bond acceptors (Lipinski definition) is 5. The van der Waals surface area contributed by atoms with E-state index in [4.69, 9.17) is 0 Å². The molecule has 3 aromatic heterocycles. The van der Waals surface area contributed by atoms with Crippen LogP contribution in [0, 0.1) is 0 Å². The van der Waals surface area contributed by atoms with Crippen LogP contribution in [-0.4, -0.2) is 33.4 Å². The minimum absolute atomic E-state index is 0.783. The smallest absolute Gasteiger partial charge is 0.177 e. The highest BCUT2D eigenvalue weighted by molar-refractivity contribution is 9.10. The summed E-state index contributed by atoms with van der Waals surface area (Å²) in [6, 6.07) is 5.99. The first-order valence-corrected chi connectivity index (χ1v) is 7.55. The average Bonchev–Trinajstić information content (AvgIpc) is 3.02. The Labute approximate surface area is 122 Å². The monoisotopic (exact) mass is 337 g/mol. The van der Waals surface area contributed by atoms with Crippen LogP contribution in [0.3, 0.4) is 0 Å². The van der Waals surface area contributed by atoms with Gasteiger partial charge in [0.05, 0.1) is 4.88 Å². The normalized spacial score (nSPS) is 11.3. The van der Waals surface area contributed by atoms with Crippen LogP contribution in [0.4, 0.5) is 0 Å². The lowest BCUT2D eigenvalue weighted by atomic mass is 10.3. The molecule has 0 saturated carbocycles. The third-order valence-corrected chi connectivity index (χ3v) is 4.46. The second-order valence-electron chi connectivity index (χ2n) is 4.09. The highest BCUT2D eigenvalue weighted by Gasteiger charge is 2.09. The highest BCUT2D eigenvalue weighted by atomic mass is 79.9. The third kappa shape index (κ3) is 2.54. The maximum atomic E-state index is 4.63. The van der Waals surface area contributed by atoms with Gasteiger partial charge >= 0.3 is 0 Å². The third-order valence-electron chi connectivity index (χ3n) is 2.75. The Morgan fingerprint density at radius 3 is 3.00 bits per heavy atom. The van der Waals surface area contributed by atoms with Gasteiger partial charge in [-0.3, -0.25) is 0 Å². The zero-order valence-electron chi connectivity index (χ0n) is 10.3. The molecule has 7 heteroatoms. The van der Waals surface area contributed by atoms with Crippen molar-refractivity contribution in [2.45, 2.75) is 6.42 Å². The quantitative estimate of drug-likeness (QED) is 0.794. The van der Waals surface area contributed by atoms with Crippen molar-refractivity contribution in [3.63, 3.8) is 0 Å². The molecule has 0 saturated heterocycles. The lowest BCUT2D eigenvalue weighted by Gasteiger charge is -2.01. The molecule has 0 spiro atoms. The van der Waals surface area contributed by atoms with Crippen molar-refractivity contribution in [2.24, 2.45) is 0 Å². The van der Waals surface area contributed by atoms with Crippen LogP contribution < -0.4 is 5.32 Å². The number of thiophene rings is 1. The zero-order valence-corrected chi connectivity index (χ0v) is 12.7.